The lowest BCUT2D eigenvalue weighted by atomic mass is 10.1. The molecule has 0 saturated carbocycles. The highest BCUT2D eigenvalue weighted by Crippen LogP contribution is 2.25. The van der Waals surface area contributed by atoms with Crippen LogP contribution in [0.25, 0.3) is 0 Å². The van der Waals surface area contributed by atoms with Gasteiger partial charge in [-0.3, -0.25) is 0 Å². The molecule has 0 aliphatic rings. The Morgan fingerprint density at radius 1 is 1.24 bits per heavy atom. The number of aliphatic hydroxyl groups excluding tert-OH is 1. The first-order chi connectivity index (χ1) is 8.02. The Morgan fingerprint density at radius 2 is 1.94 bits per heavy atom. The average molecular weight is 243 g/mol. The average Bonchev–Trinajstić information content (AvgIpc) is 2.72. The Morgan fingerprint density at radius 3 is 2.53 bits per heavy atom. The molecule has 2 aromatic rings. The monoisotopic (exact) mass is 243 g/mol. The SMILES string of the molecule is Cn1nncc1C(O)c1ccc(F)c(F)c1F. The second kappa shape index (κ2) is 4.17. The van der Waals surface area contributed by atoms with Crippen LogP contribution in [0.15, 0.2) is 18.3 Å². The lowest BCUT2D eigenvalue weighted by Crippen LogP contribution is -2.10. The molecule has 0 radical (unpaired) electrons. The predicted molar refractivity (Wildman–Crippen MR) is 51.4 cm³/mol. The molecule has 1 aromatic heterocycles. The third-order valence-electron chi connectivity index (χ3n) is 2.39. The Bertz CT molecular complexity index is 556. The van der Waals surface area contributed by atoms with E-state index in [1.807, 2.05) is 0 Å². The van der Waals surface area contributed by atoms with Crippen LogP contribution in [0, 0.1) is 17.5 Å². The normalized spacial score (nSPS) is 12.8. The number of hydrogen-bond acceptors (Lipinski definition) is 3. The van der Waals surface area contributed by atoms with Gasteiger partial charge in [0.2, 0.25) is 0 Å². The minimum Gasteiger partial charge on any atom is -0.382 e. The highest BCUT2D eigenvalue weighted by atomic mass is 19.2. The smallest absolute Gasteiger partial charge is 0.194 e. The summed E-state index contributed by atoms with van der Waals surface area (Å²) in [7, 11) is 1.49. The van der Waals surface area contributed by atoms with Gasteiger partial charge in [0.25, 0.3) is 0 Å². The molecule has 17 heavy (non-hydrogen) atoms. The van der Waals surface area contributed by atoms with Crippen molar-refractivity contribution < 1.29 is 18.3 Å². The molecule has 1 unspecified atom stereocenters. The van der Waals surface area contributed by atoms with E-state index in [2.05, 4.69) is 10.3 Å². The summed E-state index contributed by atoms with van der Waals surface area (Å²) >= 11 is 0. The van der Waals surface area contributed by atoms with Crippen molar-refractivity contribution in [1.29, 1.82) is 0 Å². The van der Waals surface area contributed by atoms with Crippen molar-refractivity contribution in [2.45, 2.75) is 6.10 Å². The van der Waals surface area contributed by atoms with E-state index in [4.69, 9.17) is 0 Å². The van der Waals surface area contributed by atoms with E-state index >= 15 is 0 Å². The van der Waals surface area contributed by atoms with Gasteiger partial charge in [0.1, 0.15) is 6.10 Å². The first-order valence-electron chi connectivity index (χ1n) is 4.68. The van der Waals surface area contributed by atoms with E-state index in [9.17, 15) is 18.3 Å². The second-order valence-electron chi connectivity index (χ2n) is 3.45. The van der Waals surface area contributed by atoms with Gasteiger partial charge in [-0.2, -0.15) is 0 Å². The molecule has 1 N–H and O–H groups in total. The van der Waals surface area contributed by atoms with Gasteiger partial charge in [0.15, 0.2) is 17.5 Å². The maximum absolute atomic E-state index is 13.4. The summed E-state index contributed by atoms with van der Waals surface area (Å²) in [6, 6.07) is 1.73. The van der Waals surface area contributed by atoms with Crippen molar-refractivity contribution in [3.63, 3.8) is 0 Å². The van der Waals surface area contributed by atoms with Crippen molar-refractivity contribution in [2.75, 3.05) is 0 Å². The number of aliphatic hydroxyl groups is 1. The topological polar surface area (TPSA) is 50.9 Å². The first kappa shape index (κ1) is 11.6. The standard InChI is InChI=1S/C10H8F3N3O/c1-16-7(4-14-15-16)10(17)5-2-3-6(11)9(13)8(5)12/h2-4,10,17H,1H3. The van der Waals surface area contributed by atoms with Gasteiger partial charge in [-0.15, -0.1) is 5.10 Å². The third kappa shape index (κ3) is 1.89. The van der Waals surface area contributed by atoms with Crippen LogP contribution in [0.1, 0.15) is 17.4 Å². The summed E-state index contributed by atoms with van der Waals surface area (Å²) in [5, 5.41) is 16.9. The highest BCUT2D eigenvalue weighted by molar-refractivity contribution is 5.27. The van der Waals surface area contributed by atoms with E-state index < -0.39 is 23.6 Å². The van der Waals surface area contributed by atoms with Crippen molar-refractivity contribution in [3.8, 4) is 0 Å². The zero-order chi connectivity index (χ0) is 12.6. The molecule has 1 atom stereocenters. The number of halogens is 3. The molecule has 1 aromatic carbocycles. The molecule has 90 valence electrons. The van der Waals surface area contributed by atoms with Gasteiger partial charge in [0, 0.05) is 12.6 Å². The summed E-state index contributed by atoms with van der Waals surface area (Å²) in [6.07, 6.45) is -0.240. The molecule has 0 saturated heterocycles. The van der Waals surface area contributed by atoms with E-state index in [0.717, 1.165) is 12.1 Å². The molecule has 0 spiro atoms. The van der Waals surface area contributed by atoms with Crippen LogP contribution in [0.2, 0.25) is 0 Å². The number of aryl methyl sites for hydroxylation is 1. The second-order valence-corrected chi connectivity index (χ2v) is 3.45. The van der Waals surface area contributed by atoms with Crippen molar-refractivity contribution in [3.05, 3.63) is 47.0 Å². The molecule has 0 aliphatic heterocycles. The van der Waals surface area contributed by atoms with Gasteiger partial charge >= 0.3 is 0 Å². The van der Waals surface area contributed by atoms with Crippen LogP contribution < -0.4 is 0 Å². The van der Waals surface area contributed by atoms with E-state index in [0.29, 0.717) is 0 Å². The molecule has 0 aliphatic carbocycles. The van der Waals surface area contributed by atoms with Crippen LogP contribution in [0.4, 0.5) is 13.2 Å². The summed E-state index contributed by atoms with van der Waals surface area (Å²) in [6.45, 7) is 0. The van der Waals surface area contributed by atoms with Crippen LogP contribution in [0.5, 0.6) is 0 Å². The molecule has 0 fully saturated rings. The van der Waals surface area contributed by atoms with Crippen LogP contribution in [-0.2, 0) is 7.05 Å². The Balaban J connectivity index is 2.48. The number of nitrogens with zero attached hydrogens (tertiary/aromatic N) is 3. The molecule has 1 heterocycles. The van der Waals surface area contributed by atoms with Crippen molar-refractivity contribution >= 4 is 0 Å². The van der Waals surface area contributed by atoms with E-state index in [-0.39, 0.29) is 11.3 Å². The molecular formula is C10H8F3N3O. The molecule has 4 nitrogen and oxygen atoms in total. The quantitative estimate of drug-likeness (QED) is 0.809. The number of aromatic nitrogens is 3. The highest BCUT2D eigenvalue weighted by Gasteiger charge is 2.22. The third-order valence-corrected chi connectivity index (χ3v) is 2.39. The summed E-state index contributed by atoms with van der Waals surface area (Å²) in [5.41, 5.74) is -0.191. The maximum Gasteiger partial charge on any atom is 0.194 e. The molecule has 0 amide bonds. The van der Waals surface area contributed by atoms with Crippen LogP contribution >= 0.6 is 0 Å². The fourth-order valence-corrected chi connectivity index (χ4v) is 1.46. The fourth-order valence-electron chi connectivity index (χ4n) is 1.46. The lowest BCUT2D eigenvalue weighted by molar-refractivity contribution is 0.202. The zero-order valence-electron chi connectivity index (χ0n) is 8.73. The summed E-state index contributed by atoms with van der Waals surface area (Å²) < 4.78 is 40.3. The molecular weight excluding hydrogens is 235 g/mol. The van der Waals surface area contributed by atoms with Crippen LogP contribution in [-0.4, -0.2) is 20.1 Å². The minimum atomic E-state index is -1.61. The van der Waals surface area contributed by atoms with Crippen molar-refractivity contribution in [2.24, 2.45) is 7.05 Å². The Kier molecular flexibility index (Phi) is 2.84. The maximum atomic E-state index is 13.4. The first-order valence-corrected chi connectivity index (χ1v) is 4.68. The predicted octanol–water partition coefficient (Wildman–Crippen LogP) is 1.31. The fraction of sp³-hybridized carbons (Fsp3) is 0.200. The van der Waals surface area contributed by atoms with Gasteiger partial charge in [-0.25, -0.2) is 17.9 Å². The van der Waals surface area contributed by atoms with E-state index in [1.54, 1.807) is 0 Å². The van der Waals surface area contributed by atoms with Gasteiger partial charge in [-0.05, 0) is 12.1 Å². The number of hydrogen-bond donors (Lipinski definition) is 1. The molecule has 0 bridgehead atoms. The van der Waals surface area contributed by atoms with Gasteiger partial charge in [0.05, 0.1) is 11.9 Å². The summed E-state index contributed by atoms with van der Waals surface area (Å²) in [4.78, 5) is 0. The zero-order valence-corrected chi connectivity index (χ0v) is 8.73. The Hall–Kier alpha value is -1.89. The largest absolute Gasteiger partial charge is 0.382 e. The number of rotatable bonds is 2. The van der Waals surface area contributed by atoms with Crippen LogP contribution in [0.3, 0.4) is 0 Å². The number of benzene rings is 1. The van der Waals surface area contributed by atoms with Gasteiger partial charge in [-0.1, -0.05) is 5.21 Å². The lowest BCUT2D eigenvalue weighted by Gasteiger charge is -2.11. The molecule has 2 rings (SSSR count). The summed E-state index contributed by atoms with van der Waals surface area (Å²) in [5.74, 6) is -4.34. The Labute approximate surface area is 94.3 Å². The molecule has 7 heteroatoms. The minimum absolute atomic E-state index is 0.176. The van der Waals surface area contributed by atoms with Gasteiger partial charge < -0.3 is 5.11 Å². The van der Waals surface area contributed by atoms with E-state index in [1.165, 1.54) is 17.9 Å². The van der Waals surface area contributed by atoms with Crippen molar-refractivity contribution in [1.82, 2.24) is 15.0 Å².